The van der Waals surface area contributed by atoms with E-state index in [4.69, 9.17) is 23.9 Å². The molecule has 0 fully saturated rings. The van der Waals surface area contributed by atoms with Gasteiger partial charge in [0.1, 0.15) is 24.7 Å². The molecular weight excluding hydrogens is 963 g/mol. The molecule has 0 unspecified atom stereocenters. The van der Waals surface area contributed by atoms with E-state index in [-0.39, 0.29) is 67.4 Å². The summed E-state index contributed by atoms with van der Waals surface area (Å²) < 4.78 is 23.9. The summed E-state index contributed by atoms with van der Waals surface area (Å²) in [5, 5.41) is 5.77. The molecule has 15 heteroatoms. The number of benzene rings is 5. The van der Waals surface area contributed by atoms with E-state index in [0.29, 0.717) is 96.0 Å². The third kappa shape index (κ3) is 12.0. The van der Waals surface area contributed by atoms with Gasteiger partial charge in [0, 0.05) is 92.7 Å². The Balaban J connectivity index is 0.885. The standard InChI is InChI=1S/C61H67N5O10/c1-37-24-50-51(62-34-47-30-44-15-7-10-19-53(44)66(47)61(50)72)33-55(37)75-35-40-26-41(36-76-57-31-42-21-22-46-29-43-14-6-9-18-52(43)65(46)60(71)49(42)32-56(57)74-5)28-45(27-40)64-59(70)38(2)25-54(68)39(3)63-58(69)20-11-8-16-48(67)17-12-13-23-73-4/h6-7,9-10,14-15,18-19,24,26-28,31-34,38-39,46-47H,8,11-13,16-17,20-23,25,29-30,35-36H2,1-5H3,(H,63,69)(H,64,70)/t38-,39+,46-,47+/m1/s1. The molecule has 5 aromatic rings. The molecule has 0 bridgehead atoms. The Morgan fingerprint density at radius 1 is 0.711 bits per heavy atom. The zero-order chi connectivity index (χ0) is 53.5. The zero-order valence-electron chi connectivity index (χ0n) is 44.1. The number of hydrogen-bond acceptors (Lipinski definition) is 11. The number of aryl methyl sites for hydroxylation is 2. The lowest BCUT2D eigenvalue weighted by molar-refractivity contribution is -0.129. The van der Waals surface area contributed by atoms with Crippen LogP contribution in [-0.2, 0) is 56.4 Å². The fraction of sp³-hybridized carbons (Fsp3) is 0.393. The second-order valence-corrected chi connectivity index (χ2v) is 20.5. The van der Waals surface area contributed by atoms with Gasteiger partial charge in [0.15, 0.2) is 17.3 Å². The van der Waals surface area contributed by atoms with Crippen LogP contribution in [-0.4, -0.2) is 80.4 Å². The van der Waals surface area contributed by atoms with Crippen LogP contribution in [0.3, 0.4) is 0 Å². The van der Waals surface area contributed by atoms with E-state index < -0.39 is 17.9 Å². The van der Waals surface area contributed by atoms with Crippen LogP contribution in [0.25, 0.3) is 0 Å². The number of ketones is 2. The van der Waals surface area contributed by atoms with Gasteiger partial charge in [0.05, 0.1) is 30.4 Å². The average molecular weight is 1030 g/mol. The maximum Gasteiger partial charge on any atom is 0.261 e. The van der Waals surface area contributed by atoms with Gasteiger partial charge in [-0.2, -0.15) is 0 Å². The second-order valence-electron chi connectivity index (χ2n) is 20.5. The summed E-state index contributed by atoms with van der Waals surface area (Å²) in [6, 6.07) is 27.8. The number of unbranched alkanes of at least 4 members (excludes halogenated alkanes) is 2. The van der Waals surface area contributed by atoms with Gasteiger partial charge in [-0.3, -0.25) is 38.7 Å². The molecule has 5 aromatic carbocycles. The number of fused-ring (bicyclic) bond motifs is 8. The van der Waals surface area contributed by atoms with Crippen LogP contribution in [0.15, 0.2) is 96.0 Å². The molecule has 15 nitrogen and oxygen atoms in total. The van der Waals surface area contributed by atoms with Crippen LogP contribution in [0.1, 0.15) is 126 Å². The number of rotatable bonds is 23. The molecule has 9 rings (SSSR count). The Hall–Kier alpha value is -7.65. The number of nitrogens with one attached hydrogen (secondary N) is 2. The van der Waals surface area contributed by atoms with Gasteiger partial charge in [-0.05, 0) is 141 Å². The molecule has 0 saturated carbocycles. The van der Waals surface area contributed by atoms with Crippen molar-refractivity contribution in [3.63, 3.8) is 0 Å². The minimum absolute atomic E-state index is 0.0589. The topological polar surface area (TPSA) is 182 Å². The van der Waals surface area contributed by atoms with E-state index in [2.05, 4.69) is 16.7 Å². The fourth-order valence-corrected chi connectivity index (χ4v) is 10.8. The van der Waals surface area contributed by atoms with E-state index in [0.717, 1.165) is 53.7 Å². The first-order valence-electron chi connectivity index (χ1n) is 26.5. The van der Waals surface area contributed by atoms with Crippen molar-refractivity contribution in [1.29, 1.82) is 0 Å². The Morgan fingerprint density at radius 3 is 2.09 bits per heavy atom. The first-order valence-corrected chi connectivity index (χ1v) is 26.5. The van der Waals surface area contributed by atoms with Crippen molar-refractivity contribution in [3.8, 4) is 17.2 Å². The number of carbonyl (C=O) groups excluding carboxylic acids is 6. The van der Waals surface area contributed by atoms with Crippen molar-refractivity contribution in [2.45, 2.75) is 129 Å². The van der Waals surface area contributed by atoms with Crippen molar-refractivity contribution >= 4 is 64.2 Å². The SMILES string of the molecule is COCCCCC(=O)CCCCC(=O)N[C@@H](C)C(=O)C[C@@H](C)C(=O)Nc1cc(COc2cc3c(cc2C)C(=O)N2c4ccccc4C[C@H]2C=N3)cc(COc2cc3c(cc2OC)C(=O)N2c4ccccc4C[C@H]2CC3)c1. The summed E-state index contributed by atoms with van der Waals surface area (Å²) >= 11 is 0. The second kappa shape index (κ2) is 23.9. The van der Waals surface area contributed by atoms with E-state index in [1.807, 2.05) is 83.6 Å². The van der Waals surface area contributed by atoms with Gasteiger partial charge in [0.25, 0.3) is 11.8 Å². The molecule has 2 N–H and O–H groups in total. The molecular formula is C61H67N5O10. The van der Waals surface area contributed by atoms with Crippen molar-refractivity contribution in [1.82, 2.24) is 5.32 Å². The minimum Gasteiger partial charge on any atom is -0.493 e. The summed E-state index contributed by atoms with van der Waals surface area (Å²) in [6.07, 6.45) is 8.53. The lowest BCUT2D eigenvalue weighted by atomic mass is 9.99. The van der Waals surface area contributed by atoms with Crippen LogP contribution in [0.5, 0.6) is 17.2 Å². The first-order chi connectivity index (χ1) is 36.8. The maximum absolute atomic E-state index is 14.2. The Morgan fingerprint density at radius 2 is 1.37 bits per heavy atom. The highest BCUT2D eigenvalue weighted by Gasteiger charge is 2.39. The third-order valence-corrected chi connectivity index (χ3v) is 14.9. The van der Waals surface area contributed by atoms with Gasteiger partial charge in [0.2, 0.25) is 11.8 Å². The molecule has 0 spiro atoms. The van der Waals surface area contributed by atoms with Crippen LogP contribution >= 0.6 is 0 Å². The summed E-state index contributed by atoms with van der Waals surface area (Å²) in [5.41, 5.74) is 9.17. The Labute approximate surface area is 444 Å². The molecule has 4 amide bonds. The Bertz CT molecular complexity index is 3080. The van der Waals surface area contributed by atoms with Crippen LogP contribution < -0.4 is 34.6 Å². The number of methoxy groups -OCH3 is 2. The maximum atomic E-state index is 14.2. The number of amides is 4. The predicted octanol–water partition coefficient (Wildman–Crippen LogP) is 9.95. The van der Waals surface area contributed by atoms with E-state index in [1.165, 1.54) is 5.56 Å². The normalized spacial score (nSPS) is 16.7. The highest BCUT2D eigenvalue weighted by Crippen LogP contribution is 2.42. The fourth-order valence-electron chi connectivity index (χ4n) is 10.8. The van der Waals surface area contributed by atoms with Crippen LogP contribution in [0.2, 0.25) is 0 Å². The van der Waals surface area contributed by atoms with E-state index in [1.54, 1.807) is 52.3 Å². The average Bonchev–Trinajstić information content (AvgIpc) is 3.93. The molecule has 4 aliphatic heterocycles. The summed E-state index contributed by atoms with van der Waals surface area (Å²) in [6.45, 7) is 5.94. The highest BCUT2D eigenvalue weighted by molar-refractivity contribution is 6.15. The van der Waals surface area contributed by atoms with Gasteiger partial charge in [-0.15, -0.1) is 0 Å². The van der Waals surface area contributed by atoms with Crippen molar-refractivity contribution in [3.05, 3.63) is 136 Å². The largest absolute Gasteiger partial charge is 0.493 e. The highest BCUT2D eigenvalue weighted by atomic mass is 16.5. The van der Waals surface area contributed by atoms with Gasteiger partial charge >= 0.3 is 0 Å². The molecule has 0 aromatic heterocycles. The first kappa shape index (κ1) is 53.2. The molecule has 4 atom stereocenters. The van der Waals surface area contributed by atoms with Gasteiger partial charge in [-0.25, -0.2) is 0 Å². The molecule has 396 valence electrons. The number of hydrogen-bond donors (Lipinski definition) is 2. The van der Waals surface area contributed by atoms with E-state index >= 15 is 0 Å². The zero-order valence-corrected chi connectivity index (χ0v) is 44.1. The smallest absolute Gasteiger partial charge is 0.261 e. The summed E-state index contributed by atoms with van der Waals surface area (Å²) in [4.78, 5) is 88.8. The van der Waals surface area contributed by atoms with Crippen molar-refractivity contribution < 1.29 is 47.7 Å². The number of nitrogens with zero attached hydrogens (tertiary/aromatic N) is 3. The predicted molar refractivity (Wildman–Crippen MR) is 291 cm³/mol. The van der Waals surface area contributed by atoms with Crippen molar-refractivity contribution in [2.75, 3.05) is 35.9 Å². The summed E-state index contributed by atoms with van der Waals surface area (Å²) in [5.74, 6) is -0.292. The van der Waals surface area contributed by atoms with Crippen LogP contribution in [0.4, 0.5) is 22.7 Å². The number of carbonyl (C=O) groups is 6. The number of aliphatic imine (C=N–C) groups is 1. The van der Waals surface area contributed by atoms with Gasteiger partial charge < -0.3 is 34.5 Å². The lowest BCUT2D eigenvalue weighted by Crippen LogP contribution is -2.39. The molecule has 4 heterocycles. The third-order valence-electron chi connectivity index (χ3n) is 14.9. The molecule has 76 heavy (non-hydrogen) atoms. The van der Waals surface area contributed by atoms with Gasteiger partial charge in [-0.1, -0.05) is 43.3 Å². The van der Waals surface area contributed by atoms with Crippen LogP contribution in [0, 0.1) is 12.8 Å². The molecule has 0 saturated heterocycles. The lowest BCUT2D eigenvalue weighted by Gasteiger charge is -2.23. The summed E-state index contributed by atoms with van der Waals surface area (Å²) in [7, 11) is 3.18. The number of ether oxygens (including phenoxy) is 4. The Kier molecular flexibility index (Phi) is 16.7. The molecule has 0 aliphatic carbocycles. The monoisotopic (exact) mass is 1030 g/mol. The minimum atomic E-state index is -0.805. The quantitative estimate of drug-likeness (QED) is 0.0598. The molecule has 0 radical (unpaired) electrons. The van der Waals surface area contributed by atoms with E-state index in [9.17, 15) is 28.8 Å². The molecule has 4 aliphatic rings. The number of anilines is 3. The number of Topliss-reactive ketones (excluding diaryl/α,β-unsaturated/α-hetero) is 2. The number of para-hydroxylation sites is 2. The van der Waals surface area contributed by atoms with Crippen molar-refractivity contribution in [2.24, 2.45) is 10.9 Å².